The van der Waals surface area contributed by atoms with Gasteiger partial charge in [0, 0.05) is 6.42 Å². The first-order valence-corrected chi connectivity index (χ1v) is 12.1. The molecule has 3 rings (SSSR count). The van der Waals surface area contributed by atoms with Gasteiger partial charge >= 0.3 is 5.97 Å². The van der Waals surface area contributed by atoms with Crippen LogP contribution < -0.4 is 10.1 Å². The monoisotopic (exact) mass is 461 g/mol. The Bertz CT molecular complexity index is 1080. The second-order valence-electron chi connectivity index (χ2n) is 8.67. The molecule has 0 radical (unpaired) electrons. The van der Waals surface area contributed by atoms with E-state index in [1.54, 1.807) is 7.11 Å². The molecule has 5 heteroatoms. The van der Waals surface area contributed by atoms with E-state index in [1.807, 2.05) is 73.7 Å². The molecule has 5 nitrogen and oxygen atoms in total. The maximum absolute atomic E-state index is 13.2. The van der Waals surface area contributed by atoms with Gasteiger partial charge in [0.1, 0.15) is 11.8 Å². The lowest BCUT2D eigenvalue weighted by molar-refractivity contribution is -0.148. The van der Waals surface area contributed by atoms with Gasteiger partial charge in [-0.05, 0) is 47.4 Å². The topological polar surface area (TPSA) is 64.6 Å². The Balaban J connectivity index is 1.70. The number of unbranched alkanes of at least 4 members (excludes halogenated alkanes) is 3. The van der Waals surface area contributed by atoms with Gasteiger partial charge in [-0.15, -0.1) is 0 Å². The summed E-state index contributed by atoms with van der Waals surface area (Å²) < 4.78 is 10.8. The molecular weight excluding hydrogens is 426 g/mol. The van der Waals surface area contributed by atoms with Crippen molar-refractivity contribution in [2.75, 3.05) is 13.7 Å². The summed E-state index contributed by atoms with van der Waals surface area (Å²) in [7, 11) is 1.64. The molecule has 1 amide bonds. The molecule has 0 bridgehead atoms. The standard InChI is InChI=1S/C29H35NO4/c1-4-5-6-10-17-34-29(32)27(18-22-11-8-7-9-12-22)30-28(31)21(2)23-13-14-25-20-26(33-3)16-15-24(25)19-23/h7-9,11-16,19-21,27H,4-6,10,17-18H2,1-3H3,(H,30,31)/t21-,27-/m0/s1. The van der Waals surface area contributed by atoms with E-state index in [0.717, 1.165) is 53.3 Å². The van der Waals surface area contributed by atoms with Crippen molar-refractivity contribution in [3.05, 3.63) is 77.9 Å². The van der Waals surface area contributed by atoms with Crippen molar-refractivity contribution in [1.82, 2.24) is 5.32 Å². The number of hydrogen-bond acceptors (Lipinski definition) is 4. The Hall–Kier alpha value is -3.34. The summed E-state index contributed by atoms with van der Waals surface area (Å²) >= 11 is 0. The zero-order chi connectivity index (χ0) is 24.3. The summed E-state index contributed by atoms with van der Waals surface area (Å²) in [5.41, 5.74) is 1.87. The number of amides is 1. The number of carbonyl (C=O) groups is 2. The number of ether oxygens (including phenoxy) is 2. The molecule has 2 atom stereocenters. The van der Waals surface area contributed by atoms with E-state index in [1.165, 1.54) is 0 Å². The fourth-order valence-corrected chi connectivity index (χ4v) is 3.93. The van der Waals surface area contributed by atoms with Gasteiger partial charge in [-0.2, -0.15) is 0 Å². The lowest BCUT2D eigenvalue weighted by atomic mass is 9.96. The van der Waals surface area contributed by atoms with E-state index in [9.17, 15) is 9.59 Å². The predicted molar refractivity (Wildman–Crippen MR) is 136 cm³/mol. The second-order valence-corrected chi connectivity index (χ2v) is 8.67. The highest BCUT2D eigenvalue weighted by Crippen LogP contribution is 2.25. The number of carbonyl (C=O) groups excluding carboxylic acids is 2. The smallest absolute Gasteiger partial charge is 0.328 e. The van der Waals surface area contributed by atoms with Crippen molar-refractivity contribution < 1.29 is 19.1 Å². The van der Waals surface area contributed by atoms with E-state index in [-0.39, 0.29) is 11.9 Å². The van der Waals surface area contributed by atoms with Crippen molar-refractivity contribution in [2.45, 2.75) is 57.9 Å². The van der Waals surface area contributed by atoms with Crippen LogP contribution in [0.5, 0.6) is 5.75 Å². The normalized spacial score (nSPS) is 12.7. The first-order valence-electron chi connectivity index (χ1n) is 12.1. The number of fused-ring (bicyclic) bond motifs is 1. The quantitative estimate of drug-likeness (QED) is 0.273. The van der Waals surface area contributed by atoms with Crippen LogP contribution in [-0.2, 0) is 20.7 Å². The largest absolute Gasteiger partial charge is 0.497 e. The molecule has 3 aromatic rings. The third-order valence-corrected chi connectivity index (χ3v) is 6.09. The number of methoxy groups -OCH3 is 1. The minimum absolute atomic E-state index is 0.197. The lowest BCUT2D eigenvalue weighted by Gasteiger charge is -2.21. The van der Waals surface area contributed by atoms with E-state index < -0.39 is 12.0 Å². The Labute approximate surface area is 202 Å². The SMILES string of the molecule is CCCCCCOC(=O)[C@H](Cc1ccccc1)NC(=O)[C@@H](C)c1ccc2cc(OC)ccc2c1. The third kappa shape index (κ3) is 7.08. The summed E-state index contributed by atoms with van der Waals surface area (Å²) in [5.74, 6) is -0.201. The molecule has 0 aliphatic carbocycles. The molecule has 0 heterocycles. The van der Waals surface area contributed by atoms with E-state index in [0.29, 0.717) is 13.0 Å². The van der Waals surface area contributed by atoms with Gasteiger partial charge in [0.25, 0.3) is 0 Å². The molecule has 0 aliphatic heterocycles. The first kappa shape index (κ1) is 25.3. The van der Waals surface area contributed by atoms with Gasteiger partial charge in [-0.1, -0.05) is 80.8 Å². The molecular formula is C29H35NO4. The predicted octanol–water partition coefficient (Wildman–Crippen LogP) is 5.80. The van der Waals surface area contributed by atoms with Gasteiger partial charge in [0.2, 0.25) is 5.91 Å². The maximum Gasteiger partial charge on any atom is 0.328 e. The van der Waals surface area contributed by atoms with Crippen LogP contribution in [0.3, 0.4) is 0 Å². The Morgan fingerprint density at radius 3 is 2.38 bits per heavy atom. The summed E-state index contributed by atoms with van der Waals surface area (Å²) in [4.78, 5) is 26.0. The van der Waals surface area contributed by atoms with E-state index in [4.69, 9.17) is 9.47 Å². The molecule has 0 saturated heterocycles. The summed E-state index contributed by atoms with van der Waals surface area (Å²) in [6, 6.07) is 20.8. The Morgan fingerprint density at radius 2 is 1.65 bits per heavy atom. The average Bonchev–Trinajstić information content (AvgIpc) is 2.87. The lowest BCUT2D eigenvalue weighted by Crippen LogP contribution is -2.45. The number of benzene rings is 3. The number of esters is 1. The van der Waals surface area contributed by atoms with Gasteiger partial charge in [-0.25, -0.2) is 4.79 Å². The fourth-order valence-electron chi connectivity index (χ4n) is 3.93. The molecule has 1 N–H and O–H groups in total. The Kier molecular flexibility index (Phi) is 9.51. The fraction of sp³-hybridized carbons (Fsp3) is 0.379. The molecule has 0 aliphatic rings. The van der Waals surface area contributed by atoms with Crippen LogP contribution in [-0.4, -0.2) is 31.6 Å². The van der Waals surface area contributed by atoms with E-state index in [2.05, 4.69) is 12.2 Å². The molecule has 0 unspecified atom stereocenters. The summed E-state index contributed by atoms with van der Waals surface area (Å²) in [5, 5.41) is 5.03. The third-order valence-electron chi connectivity index (χ3n) is 6.09. The number of nitrogens with one attached hydrogen (secondary N) is 1. The van der Waals surface area contributed by atoms with Crippen molar-refractivity contribution in [3.63, 3.8) is 0 Å². The molecule has 0 saturated carbocycles. The summed E-state index contributed by atoms with van der Waals surface area (Å²) in [6.45, 7) is 4.38. The zero-order valence-corrected chi connectivity index (χ0v) is 20.4. The van der Waals surface area contributed by atoms with E-state index >= 15 is 0 Å². The van der Waals surface area contributed by atoms with Gasteiger partial charge in [-0.3, -0.25) is 4.79 Å². The Morgan fingerprint density at radius 1 is 0.912 bits per heavy atom. The molecule has 0 spiro atoms. The highest BCUT2D eigenvalue weighted by atomic mass is 16.5. The van der Waals surface area contributed by atoms with Crippen LogP contribution in [0.1, 0.15) is 56.6 Å². The van der Waals surface area contributed by atoms with Gasteiger partial charge < -0.3 is 14.8 Å². The van der Waals surface area contributed by atoms with Crippen LogP contribution in [0, 0.1) is 0 Å². The second kappa shape index (κ2) is 12.8. The zero-order valence-electron chi connectivity index (χ0n) is 20.4. The van der Waals surface area contributed by atoms with Crippen LogP contribution in [0.25, 0.3) is 10.8 Å². The molecule has 0 fully saturated rings. The first-order chi connectivity index (χ1) is 16.5. The highest BCUT2D eigenvalue weighted by Gasteiger charge is 2.26. The molecule has 34 heavy (non-hydrogen) atoms. The molecule has 0 aromatic heterocycles. The molecule has 3 aromatic carbocycles. The van der Waals surface area contributed by atoms with Crippen molar-refractivity contribution >= 4 is 22.6 Å². The van der Waals surface area contributed by atoms with Gasteiger partial charge in [0.05, 0.1) is 19.6 Å². The maximum atomic E-state index is 13.2. The number of hydrogen-bond donors (Lipinski definition) is 1. The minimum atomic E-state index is -0.728. The van der Waals surface area contributed by atoms with Crippen LogP contribution in [0.4, 0.5) is 0 Å². The van der Waals surface area contributed by atoms with Crippen LogP contribution in [0.15, 0.2) is 66.7 Å². The highest BCUT2D eigenvalue weighted by molar-refractivity contribution is 5.90. The van der Waals surface area contributed by atoms with Crippen LogP contribution in [0.2, 0.25) is 0 Å². The molecule has 180 valence electrons. The average molecular weight is 462 g/mol. The number of rotatable bonds is 12. The van der Waals surface area contributed by atoms with Crippen molar-refractivity contribution in [3.8, 4) is 5.75 Å². The van der Waals surface area contributed by atoms with Crippen molar-refractivity contribution in [1.29, 1.82) is 0 Å². The van der Waals surface area contributed by atoms with Crippen LogP contribution >= 0.6 is 0 Å². The minimum Gasteiger partial charge on any atom is -0.497 e. The van der Waals surface area contributed by atoms with Crippen molar-refractivity contribution in [2.24, 2.45) is 0 Å². The van der Waals surface area contributed by atoms with Gasteiger partial charge in [0.15, 0.2) is 0 Å². The summed E-state index contributed by atoms with van der Waals surface area (Å²) in [6.07, 6.45) is 4.51.